The molecule has 1 saturated heterocycles. The van der Waals surface area contributed by atoms with Crippen molar-refractivity contribution in [2.45, 2.75) is 24.6 Å². The van der Waals surface area contributed by atoms with Crippen molar-refractivity contribution in [3.05, 3.63) is 30.1 Å². The molecule has 1 fully saturated rings. The van der Waals surface area contributed by atoms with Crippen LogP contribution in [0.1, 0.15) is 18.4 Å². The molecule has 1 aromatic rings. The molecule has 2 heterocycles. The van der Waals surface area contributed by atoms with Gasteiger partial charge in [0.1, 0.15) is 0 Å². The molecular formula is C11H17N3O2S. The normalized spacial score (nSPS) is 22.5. The fourth-order valence-electron chi connectivity index (χ4n) is 2.01. The Morgan fingerprint density at radius 1 is 1.41 bits per heavy atom. The van der Waals surface area contributed by atoms with Gasteiger partial charge in [-0.1, -0.05) is 0 Å². The van der Waals surface area contributed by atoms with Crippen LogP contribution in [-0.4, -0.2) is 36.8 Å². The van der Waals surface area contributed by atoms with E-state index in [-0.39, 0.29) is 11.8 Å². The van der Waals surface area contributed by atoms with E-state index in [4.69, 9.17) is 5.73 Å². The quantitative estimate of drug-likeness (QED) is 0.844. The number of piperidine rings is 1. The fraction of sp³-hybridized carbons (Fsp3) is 0.545. The second-order valence-corrected chi connectivity index (χ2v) is 6.34. The lowest BCUT2D eigenvalue weighted by atomic mass is 10.1. The van der Waals surface area contributed by atoms with E-state index in [1.807, 2.05) is 0 Å². The summed E-state index contributed by atoms with van der Waals surface area (Å²) in [5.41, 5.74) is 6.56. The Kier molecular flexibility index (Phi) is 3.76. The molecule has 2 rings (SSSR count). The average molecular weight is 255 g/mol. The first-order chi connectivity index (χ1) is 8.08. The second-order valence-electron chi connectivity index (χ2n) is 4.37. The molecule has 1 aromatic heterocycles. The Labute approximate surface area is 102 Å². The second kappa shape index (κ2) is 5.12. The number of sulfonamides is 1. The molecule has 0 radical (unpaired) electrons. The van der Waals surface area contributed by atoms with E-state index in [1.165, 1.54) is 4.31 Å². The van der Waals surface area contributed by atoms with E-state index in [0.717, 1.165) is 18.4 Å². The highest BCUT2D eigenvalue weighted by atomic mass is 32.2. The van der Waals surface area contributed by atoms with Crippen molar-refractivity contribution in [2.75, 3.05) is 13.1 Å². The molecule has 17 heavy (non-hydrogen) atoms. The van der Waals surface area contributed by atoms with Crippen LogP contribution >= 0.6 is 0 Å². The first-order valence-corrected chi connectivity index (χ1v) is 7.31. The summed E-state index contributed by atoms with van der Waals surface area (Å²) < 4.78 is 25.8. The van der Waals surface area contributed by atoms with Gasteiger partial charge in [0.15, 0.2) is 0 Å². The Balaban J connectivity index is 2.08. The predicted octanol–water partition coefficient (Wildman–Crippen LogP) is 0.334. The lowest BCUT2D eigenvalue weighted by molar-refractivity contribution is 0.316. The summed E-state index contributed by atoms with van der Waals surface area (Å²) in [6, 6.07) is 3.42. The molecular weight excluding hydrogens is 238 g/mol. The molecule has 1 aliphatic rings. The third-order valence-corrected chi connectivity index (χ3v) is 4.73. The monoisotopic (exact) mass is 255 g/mol. The maximum Gasteiger partial charge on any atom is 0.218 e. The first-order valence-electron chi connectivity index (χ1n) is 5.70. The van der Waals surface area contributed by atoms with Gasteiger partial charge in [-0.15, -0.1) is 0 Å². The van der Waals surface area contributed by atoms with Gasteiger partial charge in [0.25, 0.3) is 0 Å². The lowest BCUT2D eigenvalue weighted by Gasteiger charge is -2.29. The summed E-state index contributed by atoms with van der Waals surface area (Å²) in [6.07, 6.45) is 4.96. The van der Waals surface area contributed by atoms with E-state index in [0.29, 0.717) is 13.1 Å². The summed E-state index contributed by atoms with van der Waals surface area (Å²) in [7, 11) is -3.24. The van der Waals surface area contributed by atoms with Crippen LogP contribution in [0.5, 0.6) is 0 Å². The highest BCUT2D eigenvalue weighted by Crippen LogP contribution is 2.16. The molecule has 1 aliphatic heterocycles. The molecule has 0 amide bonds. The van der Waals surface area contributed by atoms with Crippen LogP contribution in [0.3, 0.4) is 0 Å². The van der Waals surface area contributed by atoms with Crippen molar-refractivity contribution >= 4 is 10.0 Å². The van der Waals surface area contributed by atoms with Crippen LogP contribution in [0.4, 0.5) is 0 Å². The van der Waals surface area contributed by atoms with Crippen molar-refractivity contribution in [1.29, 1.82) is 0 Å². The SMILES string of the molecule is N[C@H]1CCCN(S(=O)(=O)Cc2ccncc2)C1. The van der Waals surface area contributed by atoms with Crippen molar-refractivity contribution in [1.82, 2.24) is 9.29 Å². The minimum Gasteiger partial charge on any atom is -0.327 e. The van der Waals surface area contributed by atoms with Crippen molar-refractivity contribution < 1.29 is 8.42 Å². The third kappa shape index (κ3) is 3.24. The van der Waals surface area contributed by atoms with Crippen LogP contribution in [-0.2, 0) is 15.8 Å². The molecule has 2 N–H and O–H groups in total. The predicted molar refractivity (Wildman–Crippen MR) is 65.6 cm³/mol. The number of pyridine rings is 1. The lowest BCUT2D eigenvalue weighted by Crippen LogP contribution is -2.46. The summed E-state index contributed by atoms with van der Waals surface area (Å²) in [5.74, 6) is 0.0300. The maximum absolute atomic E-state index is 12.2. The van der Waals surface area contributed by atoms with E-state index >= 15 is 0 Å². The zero-order valence-electron chi connectivity index (χ0n) is 9.62. The van der Waals surface area contributed by atoms with Gasteiger partial charge in [-0.2, -0.15) is 0 Å². The molecule has 1 atom stereocenters. The van der Waals surface area contributed by atoms with Gasteiger partial charge >= 0.3 is 0 Å². The average Bonchev–Trinajstić information content (AvgIpc) is 2.30. The molecule has 94 valence electrons. The Morgan fingerprint density at radius 3 is 2.76 bits per heavy atom. The highest BCUT2D eigenvalue weighted by molar-refractivity contribution is 7.88. The highest BCUT2D eigenvalue weighted by Gasteiger charge is 2.27. The molecule has 6 heteroatoms. The maximum atomic E-state index is 12.2. The molecule has 0 bridgehead atoms. The van der Waals surface area contributed by atoms with Crippen LogP contribution < -0.4 is 5.73 Å². The van der Waals surface area contributed by atoms with E-state index in [2.05, 4.69) is 4.98 Å². The van der Waals surface area contributed by atoms with Crippen molar-refractivity contribution in [3.8, 4) is 0 Å². The molecule has 5 nitrogen and oxygen atoms in total. The topological polar surface area (TPSA) is 76.3 Å². The van der Waals surface area contributed by atoms with E-state index in [9.17, 15) is 8.42 Å². The van der Waals surface area contributed by atoms with Crippen LogP contribution in [0, 0.1) is 0 Å². The van der Waals surface area contributed by atoms with Gasteiger partial charge in [0.05, 0.1) is 5.75 Å². The summed E-state index contributed by atoms with van der Waals surface area (Å²) in [5, 5.41) is 0. The molecule has 0 unspecified atom stereocenters. The zero-order chi connectivity index (χ0) is 12.3. The molecule has 0 spiro atoms. The summed E-state index contributed by atoms with van der Waals surface area (Å²) in [4.78, 5) is 3.87. The van der Waals surface area contributed by atoms with E-state index < -0.39 is 10.0 Å². The van der Waals surface area contributed by atoms with Crippen molar-refractivity contribution in [3.63, 3.8) is 0 Å². The number of nitrogens with zero attached hydrogens (tertiary/aromatic N) is 2. The van der Waals surface area contributed by atoms with Crippen LogP contribution in [0.25, 0.3) is 0 Å². The fourth-order valence-corrected chi connectivity index (χ4v) is 3.63. The molecule has 0 aliphatic carbocycles. The smallest absolute Gasteiger partial charge is 0.218 e. The number of aromatic nitrogens is 1. The van der Waals surface area contributed by atoms with E-state index in [1.54, 1.807) is 24.5 Å². The Morgan fingerprint density at radius 2 is 2.12 bits per heavy atom. The Hall–Kier alpha value is -0.980. The molecule has 0 aromatic carbocycles. The largest absolute Gasteiger partial charge is 0.327 e. The van der Waals surface area contributed by atoms with Crippen LogP contribution in [0.2, 0.25) is 0 Å². The summed E-state index contributed by atoms with van der Waals surface area (Å²) >= 11 is 0. The van der Waals surface area contributed by atoms with Gasteiger partial charge in [-0.3, -0.25) is 4.98 Å². The number of hydrogen-bond donors (Lipinski definition) is 1. The number of hydrogen-bond acceptors (Lipinski definition) is 4. The van der Waals surface area contributed by atoms with Gasteiger partial charge in [0.2, 0.25) is 10.0 Å². The van der Waals surface area contributed by atoms with Gasteiger partial charge < -0.3 is 5.73 Å². The number of rotatable bonds is 3. The minimum atomic E-state index is -3.24. The zero-order valence-corrected chi connectivity index (χ0v) is 10.4. The Bertz CT molecular complexity index is 461. The molecule has 0 saturated carbocycles. The van der Waals surface area contributed by atoms with Gasteiger partial charge in [0, 0.05) is 31.5 Å². The third-order valence-electron chi connectivity index (χ3n) is 2.91. The van der Waals surface area contributed by atoms with Gasteiger partial charge in [-0.25, -0.2) is 12.7 Å². The van der Waals surface area contributed by atoms with Crippen LogP contribution in [0.15, 0.2) is 24.5 Å². The van der Waals surface area contributed by atoms with Crippen molar-refractivity contribution in [2.24, 2.45) is 5.73 Å². The number of nitrogens with two attached hydrogens (primary N) is 1. The minimum absolute atomic E-state index is 0.0300. The van der Waals surface area contributed by atoms with Gasteiger partial charge in [-0.05, 0) is 30.5 Å². The summed E-state index contributed by atoms with van der Waals surface area (Å²) in [6.45, 7) is 1.02. The first kappa shape index (κ1) is 12.5. The standard InChI is InChI=1S/C11H17N3O2S/c12-11-2-1-7-14(8-11)17(15,16)9-10-3-5-13-6-4-10/h3-6,11H,1-2,7-9,12H2/t11-/m0/s1.